The minimum absolute atomic E-state index is 0.0195. The van der Waals surface area contributed by atoms with Gasteiger partial charge in [-0.05, 0) is 30.2 Å². The predicted octanol–water partition coefficient (Wildman–Crippen LogP) is 4.73. The Morgan fingerprint density at radius 1 is 1.30 bits per heavy atom. The van der Waals surface area contributed by atoms with Crippen molar-refractivity contribution in [3.63, 3.8) is 0 Å². The van der Waals surface area contributed by atoms with E-state index in [2.05, 4.69) is 6.92 Å². The van der Waals surface area contributed by atoms with Crippen LogP contribution < -0.4 is 0 Å². The van der Waals surface area contributed by atoms with E-state index < -0.39 is 0 Å². The van der Waals surface area contributed by atoms with Gasteiger partial charge in [0.1, 0.15) is 4.32 Å². The van der Waals surface area contributed by atoms with Crippen LogP contribution in [0, 0.1) is 0 Å². The average Bonchev–Trinajstić information content (AvgIpc) is 2.69. The molecule has 1 heterocycles. The SMILES string of the molecule is CCCCCN1C(=O)/C(=C/c2ccc(Cl)cc2)SC1=S. The molecule has 1 aliphatic rings. The first-order valence-corrected chi connectivity index (χ1v) is 8.23. The van der Waals surface area contributed by atoms with Crippen molar-refractivity contribution in [3.8, 4) is 0 Å². The third-order valence-corrected chi connectivity index (χ3v) is 4.66. The lowest BCUT2D eigenvalue weighted by Gasteiger charge is -2.13. The number of hydrogen-bond acceptors (Lipinski definition) is 3. The largest absolute Gasteiger partial charge is 0.293 e. The lowest BCUT2D eigenvalue weighted by Crippen LogP contribution is -2.28. The topological polar surface area (TPSA) is 20.3 Å². The molecule has 1 aromatic carbocycles. The fourth-order valence-electron chi connectivity index (χ4n) is 1.92. The molecule has 2 rings (SSSR count). The lowest BCUT2D eigenvalue weighted by atomic mass is 10.2. The maximum atomic E-state index is 12.3. The van der Waals surface area contributed by atoms with E-state index in [9.17, 15) is 4.79 Å². The van der Waals surface area contributed by atoms with Crippen LogP contribution in [0.25, 0.3) is 6.08 Å². The van der Waals surface area contributed by atoms with Crippen LogP contribution in [0.4, 0.5) is 0 Å². The standard InChI is InChI=1S/C15H16ClNOS2/c1-2-3-4-9-17-14(18)13(20-15(17)19)10-11-5-7-12(16)8-6-11/h5-8,10H,2-4,9H2,1H3/b13-10-. The Morgan fingerprint density at radius 2 is 2.00 bits per heavy atom. The molecule has 1 saturated heterocycles. The highest BCUT2D eigenvalue weighted by Gasteiger charge is 2.31. The van der Waals surface area contributed by atoms with Crippen LogP contribution in [0.15, 0.2) is 29.2 Å². The Morgan fingerprint density at radius 3 is 2.65 bits per heavy atom. The summed E-state index contributed by atoms with van der Waals surface area (Å²) in [6.45, 7) is 2.86. The quantitative estimate of drug-likeness (QED) is 0.443. The number of unbranched alkanes of at least 4 members (excludes halogenated alkanes) is 2. The van der Waals surface area contributed by atoms with Crippen LogP contribution in [0.3, 0.4) is 0 Å². The minimum atomic E-state index is 0.0195. The van der Waals surface area contributed by atoms with Gasteiger partial charge in [0.05, 0.1) is 4.91 Å². The van der Waals surface area contributed by atoms with E-state index in [4.69, 9.17) is 23.8 Å². The highest BCUT2D eigenvalue weighted by Crippen LogP contribution is 2.32. The van der Waals surface area contributed by atoms with Crippen molar-refractivity contribution in [2.24, 2.45) is 0 Å². The Labute approximate surface area is 134 Å². The van der Waals surface area contributed by atoms with Gasteiger partial charge in [0.15, 0.2) is 0 Å². The Bertz CT molecular complexity index is 539. The zero-order valence-electron chi connectivity index (χ0n) is 11.3. The number of nitrogens with zero attached hydrogens (tertiary/aromatic N) is 1. The van der Waals surface area contributed by atoms with Gasteiger partial charge < -0.3 is 0 Å². The highest BCUT2D eigenvalue weighted by atomic mass is 35.5. The number of thioether (sulfide) groups is 1. The van der Waals surface area contributed by atoms with Gasteiger partial charge in [0.25, 0.3) is 5.91 Å². The summed E-state index contributed by atoms with van der Waals surface area (Å²) in [7, 11) is 0. The van der Waals surface area contributed by atoms with Gasteiger partial charge in [-0.15, -0.1) is 0 Å². The van der Waals surface area contributed by atoms with Gasteiger partial charge in [0.2, 0.25) is 0 Å². The van der Waals surface area contributed by atoms with Crippen LogP contribution in [-0.4, -0.2) is 21.7 Å². The van der Waals surface area contributed by atoms with Crippen molar-refractivity contribution >= 4 is 51.9 Å². The summed E-state index contributed by atoms with van der Waals surface area (Å²) in [4.78, 5) is 14.7. The van der Waals surface area contributed by atoms with Crippen LogP contribution >= 0.6 is 35.6 Å². The normalized spacial score (nSPS) is 17.3. The number of hydrogen-bond donors (Lipinski definition) is 0. The molecule has 0 N–H and O–H groups in total. The van der Waals surface area contributed by atoms with Crippen molar-refractivity contribution in [1.29, 1.82) is 0 Å². The number of thiocarbonyl (C=S) groups is 1. The van der Waals surface area contributed by atoms with E-state index in [0.29, 0.717) is 14.2 Å². The summed E-state index contributed by atoms with van der Waals surface area (Å²) >= 11 is 12.5. The van der Waals surface area contributed by atoms with E-state index in [1.54, 1.807) is 4.90 Å². The molecule has 0 saturated carbocycles. The maximum absolute atomic E-state index is 12.3. The van der Waals surface area contributed by atoms with Crippen molar-refractivity contribution in [1.82, 2.24) is 4.90 Å². The second-order valence-electron chi connectivity index (χ2n) is 4.59. The number of amides is 1. The minimum Gasteiger partial charge on any atom is -0.293 e. The monoisotopic (exact) mass is 325 g/mol. The van der Waals surface area contributed by atoms with Crippen LogP contribution in [0.5, 0.6) is 0 Å². The number of halogens is 1. The molecule has 1 fully saturated rings. The maximum Gasteiger partial charge on any atom is 0.266 e. The fourth-order valence-corrected chi connectivity index (χ4v) is 3.36. The van der Waals surface area contributed by atoms with Gasteiger partial charge in [-0.3, -0.25) is 9.69 Å². The van der Waals surface area contributed by atoms with E-state index in [0.717, 1.165) is 31.4 Å². The summed E-state index contributed by atoms with van der Waals surface area (Å²) in [6, 6.07) is 7.42. The van der Waals surface area contributed by atoms with Crippen molar-refractivity contribution in [3.05, 3.63) is 39.8 Å². The molecule has 2 nitrogen and oxygen atoms in total. The molecule has 5 heteroatoms. The second-order valence-corrected chi connectivity index (χ2v) is 6.70. The first-order valence-electron chi connectivity index (χ1n) is 6.62. The summed E-state index contributed by atoms with van der Waals surface area (Å²) in [5.74, 6) is 0.0195. The molecule has 20 heavy (non-hydrogen) atoms. The number of carbonyl (C=O) groups excluding carboxylic acids is 1. The molecule has 0 aliphatic carbocycles. The number of rotatable bonds is 5. The van der Waals surface area contributed by atoms with Crippen LogP contribution in [-0.2, 0) is 4.79 Å². The van der Waals surface area contributed by atoms with Gasteiger partial charge in [0, 0.05) is 11.6 Å². The summed E-state index contributed by atoms with van der Waals surface area (Å²) in [5.41, 5.74) is 0.962. The highest BCUT2D eigenvalue weighted by molar-refractivity contribution is 8.26. The Kier molecular flexibility index (Phi) is 5.64. The van der Waals surface area contributed by atoms with Gasteiger partial charge >= 0.3 is 0 Å². The zero-order valence-corrected chi connectivity index (χ0v) is 13.7. The predicted molar refractivity (Wildman–Crippen MR) is 90.9 cm³/mol. The molecule has 1 aliphatic heterocycles. The summed E-state index contributed by atoms with van der Waals surface area (Å²) < 4.78 is 0.659. The summed E-state index contributed by atoms with van der Waals surface area (Å²) in [6.07, 6.45) is 5.12. The molecule has 0 radical (unpaired) electrons. The molecule has 106 valence electrons. The fraction of sp³-hybridized carbons (Fsp3) is 0.333. The molecule has 0 atom stereocenters. The molecule has 1 aromatic rings. The average molecular weight is 326 g/mol. The second kappa shape index (κ2) is 7.25. The van der Waals surface area contributed by atoms with Crippen LogP contribution in [0.1, 0.15) is 31.7 Å². The van der Waals surface area contributed by atoms with Gasteiger partial charge in [-0.2, -0.15) is 0 Å². The molecule has 0 spiro atoms. The third-order valence-electron chi connectivity index (χ3n) is 3.03. The molecular weight excluding hydrogens is 310 g/mol. The van der Waals surface area contributed by atoms with Crippen molar-refractivity contribution in [2.45, 2.75) is 26.2 Å². The van der Waals surface area contributed by atoms with Gasteiger partial charge in [-0.25, -0.2) is 0 Å². The van der Waals surface area contributed by atoms with E-state index >= 15 is 0 Å². The molecule has 0 aromatic heterocycles. The molecule has 0 bridgehead atoms. The Balaban J connectivity index is 2.09. The van der Waals surface area contributed by atoms with Crippen molar-refractivity contribution < 1.29 is 4.79 Å². The number of carbonyl (C=O) groups is 1. The van der Waals surface area contributed by atoms with Gasteiger partial charge in [-0.1, -0.05) is 67.5 Å². The third kappa shape index (κ3) is 3.84. The molecule has 0 unspecified atom stereocenters. The Hall–Kier alpha value is -0.840. The summed E-state index contributed by atoms with van der Waals surface area (Å²) in [5, 5.41) is 0.689. The van der Waals surface area contributed by atoms with E-state index in [-0.39, 0.29) is 5.91 Å². The van der Waals surface area contributed by atoms with Crippen molar-refractivity contribution in [2.75, 3.05) is 6.54 Å². The first-order chi connectivity index (χ1) is 9.61. The number of benzene rings is 1. The van der Waals surface area contributed by atoms with Crippen LogP contribution in [0.2, 0.25) is 5.02 Å². The lowest BCUT2D eigenvalue weighted by molar-refractivity contribution is -0.122. The zero-order chi connectivity index (χ0) is 14.5. The van der Waals surface area contributed by atoms with E-state index in [1.807, 2.05) is 30.3 Å². The smallest absolute Gasteiger partial charge is 0.266 e. The van der Waals surface area contributed by atoms with E-state index in [1.165, 1.54) is 11.8 Å². The molecule has 1 amide bonds. The molecular formula is C15H16ClNOS2. The first kappa shape index (κ1) is 15.5.